The van der Waals surface area contributed by atoms with Crippen molar-refractivity contribution in [2.24, 2.45) is 0 Å². The monoisotopic (exact) mass is 244 g/mol. The third kappa shape index (κ3) is 3.10. The van der Waals surface area contributed by atoms with Crippen LogP contribution in [0.15, 0.2) is 12.1 Å². The lowest BCUT2D eigenvalue weighted by Crippen LogP contribution is -2.36. The highest BCUT2D eigenvalue weighted by Crippen LogP contribution is 2.28. The first-order valence-corrected chi connectivity index (χ1v) is 6.04. The predicted octanol–water partition coefficient (Wildman–Crippen LogP) is 2.53. The minimum atomic E-state index is -0.579. The highest BCUT2D eigenvalue weighted by Gasteiger charge is 2.23. The van der Waals surface area contributed by atoms with Crippen LogP contribution in [0.3, 0.4) is 0 Å². The molecule has 0 unspecified atom stereocenters. The average molecular weight is 244 g/mol. The number of hydrogen-bond donors (Lipinski definition) is 1. The topological polar surface area (TPSA) is 52.9 Å². The van der Waals surface area contributed by atoms with Crippen LogP contribution in [-0.4, -0.2) is 12.5 Å². The molecule has 0 atom stereocenters. The summed E-state index contributed by atoms with van der Waals surface area (Å²) >= 11 is 0. The van der Waals surface area contributed by atoms with Crippen LogP contribution >= 0.6 is 0 Å². The Kier molecular flexibility index (Phi) is 4.13. The maximum Gasteiger partial charge on any atom is 0.322 e. The van der Waals surface area contributed by atoms with Crippen molar-refractivity contribution < 1.29 is 4.79 Å². The van der Waals surface area contributed by atoms with Crippen molar-refractivity contribution in [3.63, 3.8) is 0 Å². The van der Waals surface area contributed by atoms with Gasteiger partial charge in [0, 0.05) is 12.0 Å². The van der Waals surface area contributed by atoms with Gasteiger partial charge in [-0.1, -0.05) is 26.0 Å². The second-order valence-electron chi connectivity index (χ2n) is 5.43. The Morgan fingerprint density at radius 1 is 1.22 bits per heavy atom. The van der Waals surface area contributed by atoms with Crippen molar-refractivity contribution in [1.82, 2.24) is 5.32 Å². The molecule has 18 heavy (non-hydrogen) atoms. The summed E-state index contributed by atoms with van der Waals surface area (Å²) in [6, 6.07) is 5.91. The molecular formula is C15H20N2O. The number of nitriles is 1. The second kappa shape index (κ2) is 5.22. The minimum Gasteiger partial charge on any atom is -0.343 e. The number of nitrogens with one attached hydrogen (secondary N) is 1. The Labute approximate surface area is 109 Å². The quantitative estimate of drug-likeness (QED) is 0.831. The fraction of sp³-hybridized carbons (Fsp3) is 0.467. The van der Waals surface area contributed by atoms with Crippen molar-refractivity contribution in [1.29, 1.82) is 5.26 Å². The van der Waals surface area contributed by atoms with Gasteiger partial charge in [0.2, 0.25) is 0 Å². The van der Waals surface area contributed by atoms with Gasteiger partial charge in [0.1, 0.15) is 0 Å². The molecule has 1 N–H and O–H groups in total. The molecule has 1 rings (SSSR count). The van der Waals surface area contributed by atoms with Crippen LogP contribution in [-0.2, 0) is 10.2 Å². The molecule has 0 fully saturated rings. The minimum absolute atomic E-state index is 0.185. The maximum absolute atomic E-state index is 11.0. The summed E-state index contributed by atoms with van der Waals surface area (Å²) in [5.41, 5.74) is 4.76. The van der Waals surface area contributed by atoms with E-state index in [2.05, 4.69) is 52.1 Å². The lowest BCUT2D eigenvalue weighted by molar-refractivity contribution is -0.116. The zero-order valence-electron chi connectivity index (χ0n) is 11.7. The number of carbonyl (C=O) groups excluding carboxylic acids is 1. The highest BCUT2D eigenvalue weighted by molar-refractivity contribution is 5.91. The number of benzene rings is 1. The predicted molar refractivity (Wildman–Crippen MR) is 72.3 cm³/mol. The molecule has 1 aromatic rings. The first-order chi connectivity index (χ1) is 8.27. The maximum atomic E-state index is 11.0. The molecule has 0 aliphatic carbocycles. The summed E-state index contributed by atoms with van der Waals surface area (Å²) in [4.78, 5) is 11.0. The highest BCUT2D eigenvalue weighted by atomic mass is 16.1. The third-order valence-corrected chi connectivity index (χ3v) is 3.36. The number of aryl methyl sites for hydroxylation is 3. The van der Waals surface area contributed by atoms with Gasteiger partial charge in [-0.05, 0) is 43.0 Å². The van der Waals surface area contributed by atoms with Gasteiger partial charge < -0.3 is 5.32 Å². The first kappa shape index (κ1) is 14.2. The Morgan fingerprint density at radius 3 is 2.33 bits per heavy atom. The third-order valence-electron chi connectivity index (χ3n) is 3.36. The van der Waals surface area contributed by atoms with Crippen LogP contribution < -0.4 is 5.32 Å². The first-order valence-electron chi connectivity index (χ1n) is 6.04. The molecule has 0 radical (unpaired) electrons. The van der Waals surface area contributed by atoms with Crippen molar-refractivity contribution in [2.75, 3.05) is 6.54 Å². The van der Waals surface area contributed by atoms with E-state index in [-0.39, 0.29) is 5.41 Å². The Morgan fingerprint density at radius 2 is 1.78 bits per heavy atom. The smallest absolute Gasteiger partial charge is 0.322 e. The molecule has 1 amide bonds. The summed E-state index contributed by atoms with van der Waals surface area (Å²) in [6.45, 7) is 10.9. The lowest BCUT2D eigenvalue weighted by Gasteiger charge is -2.28. The fourth-order valence-corrected chi connectivity index (χ4v) is 2.13. The number of hydrogen-bond acceptors (Lipinski definition) is 2. The number of carbonyl (C=O) groups is 1. The molecule has 0 aliphatic rings. The molecule has 0 spiro atoms. The Hall–Kier alpha value is -1.82. The van der Waals surface area contributed by atoms with Crippen molar-refractivity contribution >= 4 is 5.91 Å². The number of nitrogens with zero attached hydrogens (tertiary/aromatic N) is 1. The normalized spacial score (nSPS) is 10.9. The number of rotatable bonds is 3. The van der Waals surface area contributed by atoms with Gasteiger partial charge >= 0.3 is 5.91 Å². The van der Waals surface area contributed by atoms with E-state index in [1.165, 1.54) is 22.3 Å². The molecule has 0 aromatic heterocycles. The zero-order chi connectivity index (χ0) is 13.9. The Bertz CT molecular complexity index is 510. The van der Waals surface area contributed by atoms with Crippen molar-refractivity contribution in [3.05, 3.63) is 34.4 Å². The van der Waals surface area contributed by atoms with Gasteiger partial charge in [-0.25, -0.2) is 0 Å². The van der Waals surface area contributed by atoms with Crippen LogP contribution in [0.2, 0.25) is 0 Å². The van der Waals surface area contributed by atoms with E-state index >= 15 is 0 Å². The van der Waals surface area contributed by atoms with Gasteiger partial charge in [-0.2, -0.15) is 5.26 Å². The zero-order valence-corrected chi connectivity index (χ0v) is 11.7. The molecule has 0 saturated heterocycles. The molecule has 3 heteroatoms. The van der Waals surface area contributed by atoms with Crippen LogP contribution in [0.4, 0.5) is 0 Å². The second-order valence-corrected chi connectivity index (χ2v) is 5.43. The molecule has 0 bridgehead atoms. The molecule has 3 nitrogen and oxygen atoms in total. The van der Waals surface area contributed by atoms with E-state index in [9.17, 15) is 4.79 Å². The SMILES string of the molecule is Cc1cc(C)c(C(C)(C)CNC(=O)C#N)cc1C. The van der Waals surface area contributed by atoms with E-state index in [0.717, 1.165) is 0 Å². The van der Waals surface area contributed by atoms with Gasteiger partial charge in [0.25, 0.3) is 0 Å². The summed E-state index contributed by atoms with van der Waals surface area (Å²) in [5.74, 6) is -0.579. The van der Waals surface area contributed by atoms with Crippen molar-refractivity contribution in [3.8, 4) is 6.07 Å². The van der Waals surface area contributed by atoms with Crippen LogP contribution in [0.5, 0.6) is 0 Å². The standard InChI is InChI=1S/C15H20N2O/c1-10-6-12(3)13(7-11(10)2)15(4,5)9-17-14(18)8-16/h6-7H,9H2,1-5H3,(H,17,18). The van der Waals surface area contributed by atoms with E-state index in [0.29, 0.717) is 6.54 Å². The summed E-state index contributed by atoms with van der Waals surface area (Å²) in [7, 11) is 0. The summed E-state index contributed by atoms with van der Waals surface area (Å²) in [5, 5.41) is 11.1. The Balaban J connectivity index is 3.01. The van der Waals surface area contributed by atoms with Gasteiger partial charge in [-0.15, -0.1) is 0 Å². The number of amides is 1. The van der Waals surface area contributed by atoms with Crippen LogP contribution in [0.25, 0.3) is 0 Å². The average Bonchev–Trinajstić information content (AvgIpc) is 2.30. The van der Waals surface area contributed by atoms with Crippen molar-refractivity contribution in [2.45, 2.75) is 40.0 Å². The molecular weight excluding hydrogens is 224 g/mol. The van der Waals surface area contributed by atoms with Gasteiger partial charge in [-0.3, -0.25) is 4.79 Å². The molecule has 1 aromatic carbocycles. The molecule has 0 saturated carbocycles. The summed E-state index contributed by atoms with van der Waals surface area (Å²) in [6.07, 6.45) is 0. The van der Waals surface area contributed by atoms with Gasteiger partial charge in [0.15, 0.2) is 6.07 Å². The van der Waals surface area contributed by atoms with E-state index in [1.54, 1.807) is 6.07 Å². The van der Waals surface area contributed by atoms with E-state index in [1.807, 2.05) is 0 Å². The fourth-order valence-electron chi connectivity index (χ4n) is 2.13. The largest absolute Gasteiger partial charge is 0.343 e. The van der Waals surface area contributed by atoms with Gasteiger partial charge in [0.05, 0.1) is 0 Å². The molecule has 0 heterocycles. The van der Waals surface area contributed by atoms with E-state index in [4.69, 9.17) is 5.26 Å². The molecule has 96 valence electrons. The van der Waals surface area contributed by atoms with Crippen LogP contribution in [0, 0.1) is 32.1 Å². The lowest BCUT2D eigenvalue weighted by atomic mass is 9.80. The summed E-state index contributed by atoms with van der Waals surface area (Å²) < 4.78 is 0. The molecule has 0 aliphatic heterocycles. The van der Waals surface area contributed by atoms with E-state index < -0.39 is 5.91 Å². The van der Waals surface area contributed by atoms with Crippen LogP contribution in [0.1, 0.15) is 36.1 Å².